The Labute approximate surface area is 157 Å². The second-order valence-electron chi connectivity index (χ2n) is 6.39. The van der Waals surface area contributed by atoms with Crippen LogP contribution in [0.25, 0.3) is 11.0 Å². The van der Waals surface area contributed by atoms with E-state index < -0.39 is 15.6 Å². The molecule has 0 spiro atoms. The first-order valence-electron chi connectivity index (χ1n) is 8.62. The van der Waals surface area contributed by atoms with Crippen molar-refractivity contribution in [3.8, 4) is 5.75 Å². The summed E-state index contributed by atoms with van der Waals surface area (Å²) >= 11 is 0. The molecule has 27 heavy (non-hydrogen) atoms. The highest BCUT2D eigenvalue weighted by atomic mass is 32.2. The number of sulfonamides is 1. The van der Waals surface area contributed by atoms with Crippen LogP contribution in [-0.2, 0) is 10.0 Å². The van der Waals surface area contributed by atoms with Gasteiger partial charge in [0.15, 0.2) is 0 Å². The molecule has 0 saturated heterocycles. The summed E-state index contributed by atoms with van der Waals surface area (Å²) in [6, 6.07) is 14.8. The number of rotatable bonds is 7. The van der Waals surface area contributed by atoms with E-state index in [1.54, 1.807) is 0 Å². The van der Waals surface area contributed by atoms with Crippen LogP contribution in [0.3, 0.4) is 0 Å². The average Bonchev–Trinajstić information content (AvgIpc) is 2.65. The van der Waals surface area contributed by atoms with Gasteiger partial charge in [-0.1, -0.05) is 32.0 Å². The van der Waals surface area contributed by atoms with Crippen molar-refractivity contribution in [3.05, 3.63) is 70.6 Å². The molecular weight excluding hydrogens is 366 g/mol. The third-order valence-electron chi connectivity index (χ3n) is 4.09. The van der Waals surface area contributed by atoms with Gasteiger partial charge in [-0.25, -0.2) is 17.9 Å². The fourth-order valence-corrected chi connectivity index (χ4v) is 3.77. The van der Waals surface area contributed by atoms with E-state index in [1.165, 1.54) is 30.3 Å². The van der Waals surface area contributed by atoms with Crippen molar-refractivity contribution in [1.29, 1.82) is 0 Å². The molecule has 3 aromatic rings. The average molecular weight is 387 g/mol. The van der Waals surface area contributed by atoms with Gasteiger partial charge in [0.1, 0.15) is 17.9 Å². The Morgan fingerprint density at radius 3 is 2.63 bits per heavy atom. The lowest BCUT2D eigenvalue weighted by molar-refractivity contribution is 0.318. The van der Waals surface area contributed by atoms with E-state index in [0.717, 1.165) is 11.3 Å². The van der Waals surface area contributed by atoms with Crippen LogP contribution in [0.1, 0.15) is 25.3 Å². The molecule has 0 amide bonds. The molecule has 0 aliphatic carbocycles. The largest absolute Gasteiger partial charge is 0.492 e. The summed E-state index contributed by atoms with van der Waals surface area (Å²) in [4.78, 5) is 11.3. The molecule has 0 aliphatic rings. The highest BCUT2D eigenvalue weighted by Gasteiger charge is 2.15. The van der Waals surface area contributed by atoms with Gasteiger partial charge in [-0.15, -0.1) is 0 Å². The van der Waals surface area contributed by atoms with Crippen LogP contribution in [0.15, 0.2) is 68.7 Å². The first-order valence-corrected chi connectivity index (χ1v) is 10.1. The minimum atomic E-state index is -3.69. The maximum atomic E-state index is 12.5. The van der Waals surface area contributed by atoms with Gasteiger partial charge in [0.25, 0.3) is 0 Å². The molecule has 0 atom stereocenters. The van der Waals surface area contributed by atoms with Crippen molar-refractivity contribution < 1.29 is 17.6 Å². The molecule has 0 saturated carbocycles. The fourth-order valence-electron chi connectivity index (χ4n) is 2.73. The molecule has 3 rings (SSSR count). The molecule has 0 radical (unpaired) electrons. The van der Waals surface area contributed by atoms with E-state index in [9.17, 15) is 13.2 Å². The minimum absolute atomic E-state index is 0.103. The zero-order valence-corrected chi connectivity index (χ0v) is 16.0. The number of fused-ring (bicyclic) bond motifs is 1. The number of para-hydroxylation sites is 1. The second-order valence-corrected chi connectivity index (χ2v) is 8.16. The van der Waals surface area contributed by atoms with Gasteiger partial charge in [-0.2, -0.15) is 0 Å². The molecule has 0 fully saturated rings. The van der Waals surface area contributed by atoms with Gasteiger partial charge < -0.3 is 9.15 Å². The number of ether oxygens (including phenoxy) is 1. The van der Waals surface area contributed by atoms with Gasteiger partial charge in [0, 0.05) is 18.0 Å². The maximum Gasteiger partial charge on any atom is 0.336 e. The van der Waals surface area contributed by atoms with Crippen molar-refractivity contribution in [2.45, 2.75) is 24.7 Å². The lowest BCUT2D eigenvalue weighted by Gasteiger charge is -2.14. The van der Waals surface area contributed by atoms with E-state index in [0.29, 0.717) is 16.9 Å². The first-order chi connectivity index (χ1) is 12.9. The quantitative estimate of drug-likeness (QED) is 0.497. The van der Waals surface area contributed by atoms with E-state index in [1.807, 2.05) is 24.3 Å². The standard InChI is InChI=1S/C20H21NO5S/c1-14(2)17-5-3-4-6-19(17)25-12-11-21-27(23,24)16-8-9-18-15(13-16)7-10-20(22)26-18/h3-10,13-14,21H,11-12H2,1-2H3. The van der Waals surface area contributed by atoms with Crippen LogP contribution in [0.2, 0.25) is 0 Å². The van der Waals surface area contributed by atoms with Gasteiger partial charge in [-0.3, -0.25) is 0 Å². The lowest BCUT2D eigenvalue weighted by Crippen LogP contribution is -2.28. The van der Waals surface area contributed by atoms with Crippen molar-refractivity contribution in [2.75, 3.05) is 13.2 Å². The third kappa shape index (κ3) is 4.56. The molecule has 0 unspecified atom stereocenters. The van der Waals surface area contributed by atoms with Crippen molar-refractivity contribution in [1.82, 2.24) is 4.72 Å². The Balaban J connectivity index is 1.65. The topological polar surface area (TPSA) is 85.6 Å². The predicted octanol–water partition coefficient (Wildman–Crippen LogP) is 3.27. The smallest absolute Gasteiger partial charge is 0.336 e. The Kier molecular flexibility index (Phi) is 5.62. The number of hydrogen-bond acceptors (Lipinski definition) is 5. The predicted molar refractivity (Wildman–Crippen MR) is 104 cm³/mol. The molecule has 7 heteroatoms. The molecular formula is C20H21NO5S. The highest BCUT2D eigenvalue weighted by Crippen LogP contribution is 2.25. The van der Waals surface area contributed by atoms with Crippen molar-refractivity contribution in [2.24, 2.45) is 0 Å². The summed E-state index contributed by atoms with van der Waals surface area (Å²) in [5.41, 5.74) is 0.946. The minimum Gasteiger partial charge on any atom is -0.492 e. The molecule has 1 N–H and O–H groups in total. The maximum absolute atomic E-state index is 12.5. The van der Waals surface area contributed by atoms with Crippen LogP contribution < -0.4 is 15.1 Å². The molecule has 2 aromatic carbocycles. The van der Waals surface area contributed by atoms with E-state index in [4.69, 9.17) is 9.15 Å². The summed E-state index contributed by atoms with van der Waals surface area (Å²) in [5.74, 6) is 1.07. The summed E-state index contributed by atoms with van der Waals surface area (Å²) < 4.78 is 38.2. The van der Waals surface area contributed by atoms with E-state index in [-0.39, 0.29) is 18.0 Å². The summed E-state index contributed by atoms with van der Waals surface area (Å²) in [6.07, 6.45) is 0. The Morgan fingerprint density at radius 1 is 1.07 bits per heavy atom. The number of nitrogens with one attached hydrogen (secondary N) is 1. The monoisotopic (exact) mass is 387 g/mol. The fraction of sp³-hybridized carbons (Fsp3) is 0.250. The second kappa shape index (κ2) is 7.94. The molecule has 142 valence electrons. The van der Waals surface area contributed by atoms with Gasteiger partial charge >= 0.3 is 5.63 Å². The molecule has 1 aromatic heterocycles. The highest BCUT2D eigenvalue weighted by molar-refractivity contribution is 7.89. The Bertz CT molecular complexity index is 1100. The van der Waals surface area contributed by atoms with E-state index >= 15 is 0 Å². The van der Waals surface area contributed by atoms with Crippen LogP contribution in [0.4, 0.5) is 0 Å². The number of hydrogen-bond donors (Lipinski definition) is 1. The number of benzene rings is 2. The normalized spacial score (nSPS) is 11.8. The zero-order valence-electron chi connectivity index (χ0n) is 15.1. The van der Waals surface area contributed by atoms with Crippen LogP contribution in [0.5, 0.6) is 5.75 Å². The van der Waals surface area contributed by atoms with Crippen molar-refractivity contribution in [3.63, 3.8) is 0 Å². The SMILES string of the molecule is CC(C)c1ccccc1OCCNS(=O)(=O)c1ccc2oc(=O)ccc2c1. The molecule has 0 bridgehead atoms. The van der Waals surface area contributed by atoms with Crippen LogP contribution in [-0.4, -0.2) is 21.6 Å². The zero-order chi connectivity index (χ0) is 19.4. The molecule has 6 nitrogen and oxygen atoms in total. The van der Waals surface area contributed by atoms with Gasteiger partial charge in [0.05, 0.1) is 4.90 Å². The first kappa shape index (κ1) is 19.1. The summed E-state index contributed by atoms with van der Waals surface area (Å²) in [6.45, 7) is 4.50. The summed E-state index contributed by atoms with van der Waals surface area (Å²) in [7, 11) is -3.69. The lowest BCUT2D eigenvalue weighted by atomic mass is 10.0. The Morgan fingerprint density at radius 2 is 1.85 bits per heavy atom. The van der Waals surface area contributed by atoms with Gasteiger partial charge in [-0.05, 0) is 41.8 Å². The Hall–Kier alpha value is -2.64. The third-order valence-corrected chi connectivity index (χ3v) is 5.55. The van der Waals surface area contributed by atoms with Crippen molar-refractivity contribution >= 4 is 21.0 Å². The van der Waals surface area contributed by atoms with Crippen LogP contribution >= 0.6 is 0 Å². The molecule has 0 aliphatic heterocycles. The molecule has 1 heterocycles. The van der Waals surface area contributed by atoms with Crippen LogP contribution in [0, 0.1) is 0 Å². The van der Waals surface area contributed by atoms with Gasteiger partial charge in [0.2, 0.25) is 10.0 Å². The van der Waals surface area contributed by atoms with E-state index in [2.05, 4.69) is 18.6 Å². The summed E-state index contributed by atoms with van der Waals surface area (Å²) in [5, 5.41) is 0.541.